The summed E-state index contributed by atoms with van der Waals surface area (Å²) in [6.45, 7) is 7.50. The molecular formula is C20H32N2O2. The lowest BCUT2D eigenvalue weighted by Gasteiger charge is -2.42. The van der Waals surface area contributed by atoms with Crippen molar-refractivity contribution in [3.63, 3.8) is 0 Å². The third-order valence-corrected chi connectivity index (χ3v) is 5.82. The van der Waals surface area contributed by atoms with Crippen molar-refractivity contribution in [2.45, 2.75) is 44.8 Å². The first-order chi connectivity index (χ1) is 11.7. The Morgan fingerprint density at radius 3 is 2.50 bits per heavy atom. The van der Waals surface area contributed by atoms with E-state index in [0.717, 1.165) is 49.5 Å². The average molecular weight is 332 g/mol. The molecule has 1 atom stereocenters. The minimum absolute atomic E-state index is 0.442. The van der Waals surface area contributed by atoms with Gasteiger partial charge in [-0.15, -0.1) is 0 Å². The smallest absolute Gasteiger partial charge is 0.119 e. The lowest BCUT2D eigenvalue weighted by atomic mass is 9.86. The Labute approximate surface area is 146 Å². The molecule has 2 aliphatic rings. The fraction of sp³-hybridized carbons (Fsp3) is 0.700. The molecule has 1 aliphatic heterocycles. The summed E-state index contributed by atoms with van der Waals surface area (Å²) in [5.41, 5.74) is 0.943. The minimum Gasteiger partial charge on any atom is -0.497 e. The number of ether oxygens (including phenoxy) is 1. The van der Waals surface area contributed by atoms with Crippen molar-refractivity contribution in [3.8, 4) is 5.75 Å². The average Bonchev–Trinajstić information content (AvgIpc) is 2.63. The van der Waals surface area contributed by atoms with Crippen LogP contribution in [0.3, 0.4) is 0 Å². The molecule has 4 nitrogen and oxygen atoms in total. The van der Waals surface area contributed by atoms with E-state index >= 15 is 0 Å². The van der Waals surface area contributed by atoms with E-state index in [0.29, 0.717) is 6.54 Å². The molecule has 134 valence electrons. The molecule has 3 rings (SSSR count). The van der Waals surface area contributed by atoms with Gasteiger partial charge in [0.1, 0.15) is 5.75 Å². The molecule has 1 aliphatic carbocycles. The van der Waals surface area contributed by atoms with Gasteiger partial charge in [-0.25, -0.2) is 0 Å². The second kappa shape index (κ2) is 8.32. The van der Waals surface area contributed by atoms with Gasteiger partial charge in [0.05, 0.1) is 13.2 Å². The molecule has 0 radical (unpaired) electrons. The predicted molar refractivity (Wildman–Crippen MR) is 97.4 cm³/mol. The molecule has 1 aromatic carbocycles. The summed E-state index contributed by atoms with van der Waals surface area (Å²) in [6, 6.07) is 8.57. The SMILES string of the molecule is COc1cccc(C(O)CN2CCN(C3CCC(C)CC3)CC2)c1. The van der Waals surface area contributed by atoms with E-state index in [9.17, 15) is 5.11 Å². The highest BCUT2D eigenvalue weighted by Gasteiger charge is 2.27. The Morgan fingerprint density at radius 2 is 1.83 bits per heavy atom. The van der Waals surface area contributed by atoms with Gasteiger partial charge in [0.15, 0.2) is 0 Å². The number of benzene rings is 1. The number of rotatable bonds is 5. The van der Waals surface area contributed by atoms with Crippen molar-refractivity contribution in [2.24, 2.45) is 5.92 Å². The standard InChI is InChI=1S/C20H32N2O2/c1-16-6-8-18(9-7-16)22-12-10-21(11-13-22)15-20(23)17-4-3-5-19(14-17)24-2/h3-5,14,16,18,20,23H,6-13,15H2,1-2H3. The molecular weight excluding hydrogens is 300 g/mol. The summed E-state index contributed by atoms with van der Waals surface area (Å²) >= 11 is 0. The number of nitrogens with zero attached hydrogens (tertiary/aromatic N) is 2. The largest absolute Gasteiger partial charge is 0.497 e. The molecule has 4 heteroatoms. The van der Waals surface area contributed by atoms with Crippen LogP contribution in [0.15, 0.2) is 24.3 Å². The van der Waals surface area contributed by atoms with Crippen molar-refractivity contribution in [2.75, 3.05) is 39.8 Å². The van der Waals surface area contributed by atoms with Crippen molar-refractivity contribution in [1.29, 1.82) is 0 Å². The zero-order valence-corrected chi connectivity index (χ0v) is 15.2. The van der Waals surface area contributed by atoms with E-state index < -0.39 is 6.10 Å². The molecule has 0 amide bonds. The molecule has 1 N–H and O–H groups in total. The van der Waals surface area contributed by atoms with Gasteiger partial charge in [0.2, 0.25) is 0 Å². The maximum Gasteiger partial charge on any atom is 0.119 e. The van der Waals surface area contributed by atoms with Crippen molar-refractivity contribution >= 4 is 0 Å². The summed E-state index contributed by atoms with van der Waals surface area (Å²) in [5, 5.41) is 10.5. The van der Waals surface area contributed by atoms with E-state index in [4.69, 9.17) is 4.74 Å². The first-order valence-corrected chi connectivity index (χ1v) is 9.44. The van der Waals surface area contributed by atoms with E-state index in [1.54, 1.807) is 7.11 Å². The molecule has 1 unspecified atom stereocenters. The van der Waals surface area contributed by atoms with Crippen molar-refractivity contribution < 1.29 is 9.84 Å². The lowest BCUT2D eigenvalue weighted by Crippen LogP contribution is -2.51. The number of methoxy groups -OCH3 is 1. The topological polar surface area (TPSA) is 35.9 Å². The minimum atomic E-state index is -0.442. The summed E-state index contributed by atoms with van der Waals surface area (Å²) in [4.78, 5) is 5.08. The van der Waals surface area contributed by atoms with Crippen LogP contribution in [0.1, 0.15) is 44.3 Å². The van der Waals surface area contributed by atoms with Crippen LogP contribution in [0, 0.1) is 5.92 Å². The number of hydrogen-bond donors (Lipinski definition) is 1. The molecule has 0 bridgehead atoms. The fourth-order valence-corrected chi connectivity index (χ4v) is 4.12. The Bertz CT molecular complexity index is 506. The van der Waals surface area contributed by atoms with Crippen LogP contribution >= 0.6 is 0 Å². The van der Waals surface area contributed by atoms with Gasteiger partial charge < -0.3 is 9.84 Å². The Hall–Kier alpha value is -1.10. The summed E-state index contributed by atoms with van der Waals surface area (Å²) in [5.74, 6) is 1.73. The third-order valence-electron chi connectivity index (χ3n) is 5.82. The lowest BCUT2D eigenvalue weighted by molar-refractivity contribution is 0.0439. The van der Waals surface area contributed by atoms with Gasteiger partial charge in [0, 0.05) is 38.8 Å². The molecule has 24 heavy (non-hydrogen) atoms. The zero-order valence-electron chi connectivity index (χ0n) is 15.2. The second-order valence-electron chi connectivity index (χ2n) is 7.54. The fourth-order valence-electron chi connectivity index (χ4n) is 4.12. The first-order valence-electron chi connectivity index (χ1n) is 9.44. The second-order valence-corrected chi connectivity index (χ2v) is 7.54. The van der Waals surface area contributed by atoms with E-state index in [2.05, 4.69) is 16.7 Å². The van der Waals surface area contributed by atoms with Gasteiger partial charge in [-0.2, -0.15) is 0 Å². The molecule has 0 spiro atoms. The van der Waals surface area contributed by atoms with Gasteiger partial charge in [-0.3, -0.25) is 9.80 Å². The predicted octanol–water partition coefficient (Wildman–Crippen LogP) is 2.92. The Morgan fingerprint density at radius 1 is 1.12 bits per heavy atom. The van der Waals surface area contributed by atoms with Gasteiger partial charge >= 0.3 is 0 Å². The van der Waals surface area contributed by atoms with Crippen LogP contribution in [-0.2, 0) is 0 Å². The monoisotopic (exact) mass is 332 g/mol. The molecule has 1 saturated carbocycles. The van der Waals surface area contributed by atoms with Crippen molar-refractivity contribution in [3.05, 3.63) is 29.8 Å². The van der Waals surface area contributed by atoms with E-state index in [-0.39, 0.29) is 0 Å². The highest BCUT2D eigenvalue weighted by molar-refractivity contribution is 5.29. The quantitative estimate of drug-likeness (QED) is 0.899. The summed E-state index contributed by atoms with van der Waals surface area (Å²) < 4.78 is 5.25. The Kier molecular flexibility index (Phi) is 6.14. The summed E-state index contributed by atoms with van der Waals surface area (Å²) in [7, 11) is 1.66. The Balaban J connectivity index is 1.46. The molecule has 0 aromatic heterocycles. The van der Waals surface area contributed by atoms with E-state index in [1.165, 1.54) is 25.7 Å². The highest BCUT2D eigenvalue weighted by Crippen LogP contribution is 2.28. The molecule has 1 aromatic rings. The van der Waals surface area contributed by atoms with Crippen LogP contribution in [0.5, 0.6) is 5.75 Å². The maximum absolute atomic E-state index is 10.5. The molecule has 2 fully saturated rings. The highest BCUT2D eigenvalue weighted by atomic mass is 16.5. The summed E-state index contributed by atoms with van der Waals surface area (Å²) in [6.07, 6.45) is 5.07. The van der Waals surface area contributed by atoms with Gasteiger partial charge in [-0.05, 0) is 49.3 Å². The van der Waals surface area contributed by atoms with Crippen molar-refractivity contribution in [1.82, 2.24) is 9.80 Å². The number of piperazine rings is 1. The van der Waals surface area contributed by atoms with Crippen LogP contribution in [-0.4, -0.2) is 60.8 Å². The third kappa shape index (κ3) is 4.50. The first kappa shape index (κ1) is 17.7. The molecule has 1 saturated heterocycles. The maximum atomic E-state index is 10.5. The normalized spacial score (nSPS) is 27.8. The number of β-amino-alcohol motifs (C(OH)–C–C–N with tert-alkyl or cyclic N) is 1. The number of aliphatic hydroxyl groups is 1. The zero-order chi connectivity index (χ0) is 16.9. The van der Waals surface area contributed by atoms with Crippen LogP contribution in [0.2, 0.25) is 0 Å². The van der Waals surface area contributed by atoms with Crippen LogP contribution in [0.4, 0.5) is 0 Å². The van der Waals surface area contributed by atoms with Gasteiger partial charge in [0.25, 0.3) is 0 Å². The number of aliphatic hydroxyl groups excluding tert-OH is 1. The van der Waals surface area contributed by atoms with Gasteiger partial charge in [-0.1, -0.05) is 19.1 Å². The van der Waals surface area contributed by atoms with Crippen LogP contribution < -0.4 is 4.74 Å². The molecule has 1 heterocycles. The number of hydrogen-bond acceptors (Lipinski definition) is 4. The van der Waals surface area contributed by atoms with Crippen LogP contribution in [0.25, 0.3) is 0 Å². The van der Waals surface area contributed by atoms with E-state index in [1.807, 2.05) is 24.3 Å².